The van der Waals surface area contributed by atoms with E-state index in [4.69, 9.17) is 11.6 Å². The average Bonchev–Trinajstić information content (AvgIpc) is 2.04. The summed E-state index contributed by atoms with van der Waals surface area (Å²) in [6.07, 6.45) is 1.19. The van der Waals surface area contributed by atoms with Crippen LogP contribution in [0.3, 0.4) is 0 Å². The molecular weight excluding hydrogens is 200 g/mol. The van der Waals surface area contributed by atoms with Gasteiger partial charge in [0.05, 0.1) is 4.92 Å². The molecule has 0 aromatic carbocycles. The zero-order valence-electron chi connectivity index (χ0n) is 6.10. The maximum absolute atomic E-state index is 10.3. The van der Waals surface area contributed by atoms with Gasteiger partial charge in [-0.3, -0.25) is 14.9 Å². The van der Waals surface area contributed by atoms with Crippen LogP contribution in [0.1, 0.15) is 0 Å². The summed E-state index contributed by atoms with van der Waals surface area (Å²) in [5.74, 6) is -0.222. The van der Waals surface area contributed by atoms with Crippen molar-refractivity contribution >= 4 is 29.5 Å². The fourth-order valence-corrected chi connectivity index (χ4v) is 0.783. The second-order valence-electron chi connectivity index (χ2n) is 1.89. The lowest BCUT2D eigenvalue weighted by Crippen LogP contribution is -2.03. The molecule has 0 atom stereocenters. The van der Waals surface area contributed by atoms with E-state index in [0.29, 0.717) is 0 Å². The number of carbonyl (C=O) groups excluding carboxylic acids is 1. The van der Waals surface area contributed by atoms with Crippen LogP contribution in [-0.2, 0) is 4.79 Å². The summed E-state index contributed by atoms with van der Waals surface area (Å²) in [5.41, 5.74) is -0.406. The van der Waals surface area contributed by atoms with Gasteiger partial charge in [-0.1, -0.05) is 0 Å². The molecule has 0 fully saturated rings. The number of hydrogen-bond acceptors (Lipinski definition) is 5. The number of halogens is 1. The van der Waals surface area contributed by atoms with Crippen LogP contribution in [0.5, 0.6) is 0 Å². The fraction of sp³-hybridized carbons (Fsp3) is 0. The topological polar surface area (TPSA) is 98.0 Å². The van der Waals surface area contributed by atoms with E-state index < -0.39 is 10.6 Å². The Balaban J connectivity index is 3.17. The monoisotopic (exact) mass is 202 g/mol. The van der Waals surface area contributed by atoms with E-state index in [1.807, 2.05) is 5.32 Å². The molecule has 0 spiro atoms. The number of hydrogen-bond donors (Lipinski definition) is 1. The summed E-state index contributed by atoms with van der Waals surface area (Å²) in [7, 11) is 0. The van der Waals surface area contributed by atoms with Crippen LogP contribution in [0.25, 0.3) is 0 Å². The van der Waals surface area contributed by atoms with Gasteiger partial charge in [0.1, 0.15) is 6.20 Å². The number of rotatable bonds is 3. The molecule has 0 bridgehead atoms. The lowest BCUT2D eigenvalue weighted by molar-refractivity contribution is -0.384. The SMILES string of the molecule is O=CNc1nc(Cl)ncc1[N+](=O)[O-]. The molecule has 0 saturated heterocycles. The predicted octanol–water partition coefficient (Wildman–Crippen LogP) is 0.606. The number of nitrogens with one attached hydrogen (secondary N) is 1. The highest BCUT2D eigenvalue weighted by Gasteiger charge is 2.15. The second kappa shape index (κ2) is 3.76. The number of aromatic nitrogens is 2. The Morgan fingerprint density at radius 3 is 2.92 bits per heavy atom. The standard InChI is InChI=1S/C5H3ClN4O3/c6-5-7-1-3(10(12)13)4(9-5)8-2-11/h1-2H,(H,7,8,9,11). The van der Waals surface area contributed by atoms with E-state index >= 15 is 0 Å². The summed E-state index contributed by atoms with van der Waals surface area (Å²) < 4.78 is 0. The van der Waals surface area contributed by atoms with Gasteiger partial charge < -0.3 is 5.32 Å². The molecule has 8 heteroatoms. The van der Waals surface area contributed by atoms with Crippen LogP contribution in [0, 0.1) is 10.1 Å². The molecule has 1 aromatic rings. The van der Waals surface area contributed by atoms with E-state index in [1.54, 1.807) is 0 Å². The first-order chi connectivity index (χ1) is 6.15. The molecule has 0 aliphatic rings. The predicted molar refractivity (Wildman–Crippen MR) is 43.4 cm³/mol. The number of nitrogens with zero attached hydrogens (tertiary/aromatic N) is 3. The number of nitro groups is 1. The molecule has 7 nitrogen and oxygen atoms in total. The van der Waals surface area contributed by atoms with Crippen LogP contribution in [0.2, 0.25) is 5.28 Å². The Kier molecular flexibility index (Phi) is 2.70. The van der Waals surface area contributed by atoms with Crippen molar-refractivity contribution in [2.45, 2.75) is 0 Å². The maximum Gasteiger partial charge on any atom is 0.330 e. The summed E-state index contributed by atoms with van der Waals surface area (Å²) >= 11 is 5.36. The third-order valence-electron chi connectivity index (χ3n) is 1.13. The Morgan fingerprint density at radius 2 is 2.38 bits per heavy atom. The van der Waals surface area contributed by atoms with Gasteiger partial charge in [-0.05, 0) is 11.6 Å². The highest BCUT2D eigenvalue weighted by Crippen LogP contribution is 2.20. The number of anilines is 1. The first-order valence-electron chi connectivity index (χ1n) is 3.02. The van der Waals surface area contributed by atoms with Gasteiger partial charge in [0, 0.05) is 0 Å². The Hall–Kier alpha value is -1.76. The molecule has 1 heterocycles. The van der Waals surface area contributed by atoms with Crippen molar-refractivity contribution in [2.75, 3.05) is 5.32 Å². The van der Waals surface area contributed by atoms with Crippen LogP contribution in [0.15, 0.2) is 6.20 Å². The summed E-state index contributed by atoms with van der Waals surface area (Å²) in [4.78, 5) is 26.5. The van der Waals surface area contributed by atoms with Crippen LogP contribution in [0.4, 0.5) is 11.5 Å². The van der Waals surface area contributed by atoms with E-state index in [2.05, 4.69) is 9.97 Å². The minimum atomic E-state index is -0.720. The molecule has 0 unspecified atom stereocenters. The van der Waals surface area contributed by atoms with Crippen LogP contribution >= 0.6 is 11.6 Å². The molecule has 1 rings (SSSR count). The third kappa shape index (κ3) is 2.09. The van der Waals surface area contributed by atoms with Crippen molar-refractivity contribution in [3.8, 4) is 0 Å². The summed E-state index contributed by atoms with van der Waals surface area (Å²) in [6, 6.07) is 0. The van der Waals surface area contributed by atoms with Gasteiger partial charge in [-0.25, -0.2) is 4.98 Å². The maximum atomic E-state index is 10.3. The van der Waals surface area contributed by atoms with E-state index in [1.165, 1.54) is 0 Å². The molecule has 1 aromatic heterocycles. The first kappa shape index (κ1) is 9.33. The molecule has 0 aliphatic heterocycles. The van der Waals surface area contributed by atoms with Gasteiger partial charge in [-0.15, -0.1) is 0 Å². The fourth-order valence-electron chi connectivity index (χ4n) is 0.650. The molecule has 68 valence electrons. The molecule has 1 amide bonds. The second-order valence-corrected chi connectivity index (χ2v) is 2.23. The Bertz CT molecular complexity index is 356. The van der Waals surface area contributed by atoms with Crippen molar-refractivity contribution in [1.82, 2.24) is 9.97 Å². The highest BCUT2D eigenvalue weighted by molar-refractivity contribution is 6.28. The highest BCUT2D eigenvalue weighted by atomic mass is 35.5. The zero-order valence-corrected chi connectivity index (χ0v) is 6.85. The molecular formula is C5H3ClN4O3. The van der Waals surface area contributed by atoms with Crippen molar-refractivity contribution in [3.05, 3.63) is 21.6 Å². The smallest absolute Gasteiger partial charge is 0.307 e. The van der Waals surface area contributed by atoms with Crippen molar-refractivity contribution in [1.29, 1.82) is 0 Å². The van der Waals surface area contributed by atoms with Crippen LogP contribution in [-0.4, -0.2) is 21.3 Å². The molecule has 1 N–H and O–H groups in total. The van der Waals surface area contributed by atoms with Crippen molar-refractivity contribution < 1.29 is 9.72 Å². The lowest BCUT2D eigenvalue weighted by Gasteiger charge is -1.98. The first-order valence-corrected chi connectivity index (χ1v) is 3.40. The van der Waals surface area contributed by atoms with E-state index in [0.717, 1.165) is 6.20 Å². The summed E-state index contributed by atoms with van der Waals surface area (Å²) in [6.45, 7) is 0. The third-order valence-corrected chi connectivity index (χ3v) is 1.31. The minimum absolute atomic E-state index is 0.171. The van der Waals surface area contributed by atoms with Gasteiger partial charge in [-0.2, -0.15) is 4.98 Å². The van der Waals surface area contributed by atoms with E-state index in [9.17, 15) is 14.9 Å². The number of carbonyl (C=O) groups is 1. The Morgan fingerprint density at radius 1 is 1.69 bits per heavy atom. The Labute approximate surface area is 76.9 Å². The molecule has 13 heavy (non-hydrogen) atoms. The normalized spacial score (nSPS) is 9.31. The van der Waals surface area contributed by atoms with Crippen LogP contribution < -0.4 is 5.32 Å². The van der Waals surface area contributed by atoms with Crippen molar-refractivity contribution in [3.63, 3.8) is 0 Å². The molecule has 0 aliphatic carbocycles. The van der Waals surface area contributed by atoms with Crippen molar-refractivity contribution in [2.24, 2.45) is 0 Å². The minimum Gasteiger partial charge on any atom is -0.307 e. The quantitative estimate of drug-likeness (QED) is 0.335. The van der Waals surface area contributed by atoms with E-state index in [-0.39, 0.29) is 17.5 Å². The zero-order chi connectivity index (χ0) is 9.84. The van der Waals surface area contributed by atoms with Gasteiger partial charge >= 0.3 is 5.69 Å². The van der Waals surface area contributed by atoms with Gasteiger partial charge in [0.2, 0.25) is 17.5 Å². The molecule has 0 radical (unpaired) electrons. The average molecular weight is 203 g/mol. The van der Waals surface area contributed by atoms with Gasteiger partial charge in [0.15, 0.2) is 0 Å². The van der Waals surface area contributed by atoms with Gasteiger partial charge in [0.25, 0.3) is 0 Å². The largest absolute Gasteiger partial charge is 0.330 e. The molecule has 0 saturated carbocycles. The lowest BCUT2D eigenvalue weighted by atomic mass is 10.5. The summed E-state index contributed by atoms with van der Waals surface area (Å²) in [5, 5.41) is 12.2. The number of amides is 1.